The number of hydrogen-bond donors (Lipinski definition) is 1. The number of nitrogens with one attached hydrogen (secondary N) is 1. The lowest BCUT2D eigenvalue weighted by atomic mass is 9.76. The Hall–Kier alpha value is -0.950. The summed E-state index contributed by atoms with van der Waals surface area (Å²) < 4.78 is 26.3. The standard InChI is InChI=1S/C15H26N4O2S/c1-4-22(20,21)19-9-12(15(10-19)7-5-6-8-15)14-16-13(11(2)3)17-18-14/h11-12H,4-10H2,1-3H3,(H,16,17,18). The van der Waals surface area contributed by atoms with E-state index in [2.05, 4.69) is 29.0 Å². The van der Waals surface area contributed by atoms with Crippen LogP contribution in [-0.2, 0) is 10.0 Å². The fourth-order valence-electron chi connectivity index (χ4n) is 3.98. The Balaban J connectivity index is 1.93. The number of H-pyrrole nitrogens is 1. The van der Waals surface area contributed by atoms with Crippen LogP contribution in [0, 0.1) is 5.41 Å². The second-order valence-electron chi connectivity index (χ2n) is 7.05. The molecule has 0 bridgehead atoms. The van der Waals surface area contributed by atoms with Gasteiger partial charge >= 0.3 is 0 Å². The van der Waals surface area contributed by atoms with E-state index >= 15 is 0 Å². The summed E-state index contributed by atoms with van der Waals surface area (Å²) in [4.78, 5) is 4.66. The van der Waals surface area contributed by atoms with Crippen molar-refractivity contribution in [2.45, 2.75) is 58.3 Å². The van der Waals surface area contributed by atoms with Gasteiger partial charge in [0.2, 0.25) is 10.0 Å². The van der Waals surface area contributed by atoms with Crippen LogP contribution in [0.15, 0.2) is 0 Å². The third kappa shape index (κ3) is 2.58. The average Bonchev–Trinajstić information content (AvgIpc) is 3.19. The minimum Gasteiger partial charge on any atom is -0.263 e. The SMILES string of the molecule is CCS(=O)(=O)N1CC(c2nc(C(C)C)n[nH]2)C2(CCCC2)C1. The summed E-state index contributed by atoms with van der Waals surface area (Å²) in [7, 11) is -3.14. The van der Waals surface area contributed by atoms with E-state index in [-0.39, 0.29) is 23.0 Å². The van der Waals surface area contributed by atoms with Crippen LogP contribution in [0.4, 0.5) is 0 Å². The molecular weight excluding hydrogens is 300 g/mol. The highest BCUT2D eigenvalue weighted by molar-refractivity contribution is 7.89. The van der Waals surface area contributed by atoms with Gasteiger partial charge in [-0.05, 0) is 25.2 Å². The van der Waals surface area contributed by atoms with Gasteiger partial charge in [-0.3, -0.25) is 5.10 Å². The first-order chi connectivity index (χ1) is 10.4. The molecule has 22 heavy (non-hydrogen) atoms. The van der Waals surface area contributed by atoms with Gasteiger partial charge in [0.15, 0.2) is 5.82 Å². The summed E-state index contributed by atoms with van der Waals surface area (Å²) in [5.74, 6) is 2.29. The van der Waals surface area contributed by atoms with Crippen molar-refractivity contribution >= 4 is 10.0 Å². The highest BCUT2D eigenvalue weighted by Crippen LogP contribution is 2.53. The van der Waals surface area contributed by atoms with Crippen LogP contribution in [0.1, 0.15) is 69.9 Å². The van der Waals surface area contributed by atoms with Crippen molar-refractivity contribution in [1.29, 1.82) is 0 Å². The molecule has 1 unspecified atom stereocenters. The minimum absolute atomic E-state index is 0.0516. The van der Waals surface area contributed by atoms with E-state index in [4.69, 9.17) is 0 Å². The zero-order chi connectivity index (χ0) is 16.0. The van der Waals surface area contributed by atoms with Crippen LogP contribution < -0.4 is 0 Å². The third-order valence-corrected chi connectivity index (χ3v) is 7.14. The lowest BCUT2D eigenvalue weighted by molar-refractivity contribution is 0.277. The molecule has 3 rings (SSSR count). The number of aromatic nitrogens is 3. The maximum absolute atomic E-state index is 12.3. The van der Waals surface area contributed by atoms with E-state index in [1.165, 1.54) is 12.8 Å². The zero-order valence-corrected chi connectivity index (χ0v) is 14.5. The number of aromatic amines is 1. The van der Waals surface area contributed by atoms with Gasteiger partial charge < -0.3 is 0 Å². The molecular formula is C15H26N4O2S. The molecule has 0 amide bonds. The molecule has 1 aliphatic carbocycles. The summed E-state index contributed by atoms with van der Waals surface area (Å²) >= 11 is 0. The summed E-state index contributed by atoms with van der Waals surface area (Å²) in [6.45, 7) is 7.05. The van der Waals surface area contributed by atoms with Crippen LogP contribution in [0.5, 0.6) is 0 Å². The molecule has 1 aliphatic heterocycles. The number of hydrogen-bond acceptors (Lipinski definition) is 4. The molecule has 2 fully saturated rings. The molecule has 1 saturated carbocycles. The van der Waals surface area contributed by atoms with Crippen molar-refractivity contribution in [3.8, 4) is 0 Å². The van der Waals surface area contributed by atoms with Gasteiger partial charge in [-0.1, -0.05) is 26.7 Å². The summed E-state index contributed by atoms with van der Waals surface area (Å²) in [5.41, 5.74) is 0.0516. The fraction of sp³-hybridized carbons (Fsp3) is 0.867. The Kier molecular flexibility index (Phi) is 4.05. The molecule has 2 heterocycles. The molecule has 2 aliphatic rings. The third-order valence-electron chi connectivity index (χ3n) is 5.34. The Bertz CT molecular complexity index is 632. The highest BCUT2D eigenvalue weighted by atomic mass is 32.2. The molecule has 1 aromatic rings. The van der Waals surface area contributed by atoms with E-state index < -0.39 is 10.0 Å². The molecule has 0 radical (unpaired) electrons. The molecule has 1 N–H and O–H groups in total. The Labute approximate surface area is 132 Å². The van der Waals surface area contributed by atoms with Crippen molar-refractivity contribution in [1.82, 2.24) is 19.5 Å². The Morgan fingerprint density at radius 1 is 1.36 bits per heavy atom. The molecule has 1 atom stereocenters. The normalized spacial score (nSPS) is 25.5. The van der Waals surface area contributed by atoms with Crippen molar-refractivity contribution in [2.24, 2.45) is 5.41 Å². The van der Waals surface area contributed by atoms with Crippen LogP contribution >= 0.6 is 0 Å². The van der Waals surface area contributed by atoms with Crippen LogP contribution in [-0.4, -0.2) is 46.7 Å². The van der Waals surface area contributed by atoms with Crippen LogP contribution in [0.2, 0.25) is 0 Å². The quantitative estimate of drug-likeness (QED) is 0.920. The van der Waals surface area contributed by atoms with E-state index in [0.717, 1.165) is 24.5 Å². The topological polar surface area (TPSA) is 79.0 Å². The predicted octanol–water partition coefficient (Wildman–Crippen LogP) is 2.24. The van der Waals surface area contributed by atoms with E-state index in [1.54, 1.807) is 11.2 Å². The van der Waals surface area contributed by atoms with E-state index in [9.17, 15) is 8.42 Å². The smallest absolute Gasteiger partial charge is 0.213 e. The van der Waals surface area contributed by atoms with Gasteiger partial charge in [-0.15, -0.1) is 0 Å². The lowest BCUT2D eigenvalue weighted by Gasteiger charge is -2.28. The van der Waals surface area contributed by atoms with E-state index in [1.807, 2.05) is 0 Å². The van der Waals surface area contributed by atoms with E-state index in [0.29, 0.717) is 13.1 Å². The van der Waals surface area contributed by atoms with Crippen molar-refractivity contribution in [3.05, 3.63) is 11.6 Å². The maximum atomic E-state index is 12.3. The summed E-state index contributed by atoms with van der Waals surface area (Å²) in [6.07, 6.45) is 4.54. The second kappa shape index (κ2) is 5.60. The second-order valence-corrected chi connectivity index (χ2v) is 9.31. The monoisotopic (exact) mass is 326 g/mol. The number of nitrogens with zero attached hydrogens (tertiary/aromatic N) is 3. The minimum atomic E-state index is -3.14. The van der Waals surface area contributed by atoms with Gasteiger partial charge in [0.1, 0.15) is 5.82 Å². The first-order valence-electron chi connectivity index (χ1n) is 8.28. The zero-order valence-electron chi connectivity index (χ0n) is 13.7. The van der Waals surface area contributed by atoms with Gasteiger partial charge in [-0.2, -0.15) is 5.10 Å². The van der Waals surface area contributed by atoms with Crippen molar-refractivity contribution in [2.75, 3.05) is 18.8 Å². The van der Waals surface area contributed by atoms with Gasteiger partial charge in [0, 0.05) is 24.9 Å². The van der Waals surface area contributed by atoms with Gasteiger partial charge in [0.25, 0.3) is 0 Å². The Morgan fingerprint density at radius 3 is 2.59 bits per heavy atom. The van der Waals surface area contributed by atoms with Gasteiger partial charge in [-0.25, -0.2) is 17.7 Å². The molecule has 1 spiro atoms. The first-order valence-corrected chi connectivity index (χ1v) is 9.89. The lowest BCUT2D eigenvalue weighted by Crippen LogP contribution is -2.32. The van der Waals surface area contributed by atoms with Gasteiger partial charge in [0.05, 0.1) is 5.75 Å². The fourth-order valence-corrected chi connectivity index (χ4v) is 5.18. The Morgan fingerprint density at radius 2 is 2.05 bits per heavy atom. The molecule has 6 nitrogen and oxygen atoms in total. The van der Waals surface area contributed by atoms with Crippen LogP contribution in [0.25, 0.3) is 0 Å². The average molecular weight is 326 g/mol. The predicted molar refractivity (Wildman–Crippen MR) is 85.1 cm³/mol. The van der Waals surface area contributed by atoms with Crippen molar-refractivity contribution < 1.29 is 8.42 Å². The van der Waals surface area contributed by atoms with Crippen LogP contribution in [0.3, 0.4) is 0 Å². The molecule has 7 heteroatoms. The summed E-state index contributed by atoms with van der Waals surface area (Å²) in [5, 5.41) is 7.41. The maximum Gasteiger partial charge on any atom is 0.213 e. The molecule has 0 aromatic carbocycles. The largest absolute Gasteiger partial charge is 0.263 e. The highest BCUT2D eigenvalue weighted by Gasteiger charge is 2.52. The summed E-state index contributed by atoms with van der Waals surface area (Å²) in [6, 6.07) is 0. The molecule has 1 aromatic heterocycles. The molecule has 1 saturated heterocycles. The number of sulfonamides is 1. The first kappa shape index (κ1) is 15.9. The van der Waals surface area contributed by atoms with Crippen molar-refractivity contribution in [3.63, 3.8) is 0 Å². The number of rotatable bonds is 4. The molecule has 124 valence electrons.